The third-order valence-corrected chi connectivity index (χ3v) is 13.0. The van der Waals surface area contributed by atoms with Gasteiger partial charge in [0.15, 0.2) is 0 Å². The van der Waals surface area contributed by atoms with E-state index in [0.29, 0.717) is 0 Å². The summed E-state index contributed by atoms with van der Waals surface area (Å²) in [6.45, 7) is 0. The van der Waals surface area contributed by atoms with Gasteiger partial charge in [-0.15, -0.1) is 0 Å². The Morgan fingerprint density at radius 3 is 1.23 bits per heavy atom. The first-order valence-electron chi connectivity index (χ1n) is 22.7. The lowest BCUT2D eigenvalue weighted by atomic mass is 9.92. The zero-order valence-corrected chi connectivity index (χ0v) is 36.3. The van der Waals surface area contributed by atoms with Crippen molar-refractivity contribution in [3.63, 3.8) is 0 Å². The molecule has 0 spiro atoms. The van der Waals surface area contributed by atoms with Gasteiger partial charge in [-0.1, -0.05) is 218 Å². The van der Waals surface area contributed by atoms with Gasteiger partial charge in [-0.25, -0.2) is 0 Å². The van der Waals surface area contributed by atoms with Crippen LogP contribution in [0, 0.1) is 0 Å². The maximum Gasteiger partial charge on any atom is 0.0620 e. The predicted molar refractivity (Wildman–Crippen MR) is 280 cm³/mol. The number of aromatic nitrogens is 1. The fourth-order valence-corrected chi connectivity index (χ4v) is 9.90. The molecule has 0 saturated carbocycles. The maximum atomic E-state index is 2.54. The molecule has 1 aromatic heterocycles. The molecule has 0 aliphatic carbocycles. The van der Waals surface area contributed by atoms with E-state index in [4.69, 9.17) is 0 Å². The van der Waals surface area contributed by atoms with Crippen molar-refractivity contribution in [2.24, 2.45) is 0 Å². The summed E-state index contributed by atoms with van der Waals surface area (Å²) in [6.07, 6.45) is 0. The lowest BCUT2D eigenvalue weighted by Crippen LogP contribution is -2.09. The molecule has 2 nitrogen and oxygen atoms in total. The van der Waals surface area contributed by atoms with E-state index in [1.54, 1.807) is 0 Å². The first-order chi connectivity index (χ1) is 32.8. The molecule has 0 aliphatic heterocycles. The molecule has 0 saturated heterocycles. The number of nitrogens with zero attached hydrogens (tertiary/aromatic N) is 2. The van der Waals surface area contributed by atoms with Gasteiger partial charge in [0.25, 0.3) is 0 Å². The molecule has 0 bridgehead atoms. The fraction of sp³-hybridized carbons (Fsp3) is 0. The van der Waals surface area contributed by atoms with Crippen molar-refractivity contribution in [2.75, 3.05) is 4.90 Å². The Bertz CT molecular complexity index is 3540. The third kappa shape index (κ3) is 6.93. The van der Waals surface area contributed by atoms with Gasteiger partial charge in [-0.2, -0.15) is 0 Å². The highest BCUT2D eigenvalue weighted by molar-refractivity contribution is 6.20. The van der Waals surface area contributed by atoms with Crippen LogP contribution in [0.15, 0.2) is 267 Å². The zero-order valence-electron chi connectivity index (χ0n) is 36.3. The highest BCUT2D eigenvalue weighted by Gasteiger charge is 2.25. The fourth-order valence-electron chi connectivity index (χ4n) is 9.90. The second-order valence-corrected chi connectivity index (χ2v) is 16.9. The Labute approximate surface area is 385 Å². The predicted octanol–water partition coefficient (Wildman–Crippen LogP) is 17.7. The molecule has 12 rings (SSSR count). The maximum absolute atomic E-state index is 2.54. The quantitative estimate of drug-likeness (QED) is 0.141. The van der Waals surface area contributed by atoms with E-state index in [2.05, 4.69) is 276 Å². The average molecular weight is 841 g/mol. The van der Waals surface area contributed by atoms with Crippen LogP contribution in [0.3, 0.4) is 0 Å². The van der Waals surface area contributed by atoms with Crippen LogP contribution < -0.4 is 4.90 Å². The summed E-state index contributed by atoms with van der Waals surface area (Å²) in [5.74, 6) is 0. The molecule has 12 aromatic rings. The molecule has 0 atom stereocenters. The van der Waals surface area contributed by atoms with Crippen LogP contribution in [0.2, 0.25) is 0 Å². The first-order valence-corrected chi connectivity index (χ1v) is 22.7. The van der Waals surface area contributed by atoms with Crippen LogP contribution in [0.1, 0.15) is 0 Å². The molecular weight excluding hydrogens is 797 g/mol. The van der Waals surface area contributed by atoms with Crippen molar-refractivity contribution in [1.82, 2.24) is 4.57 Å². The first kappa shape index (κ1) is 38.9. The minimum atomic E-state index is 1.09. The van der Waals surface area contributed by atoms with Gasteiger partial charge in [-0.3, -0.25) is 0 Å². The highest BCUT2D eigenvalue weighted by Crippen LogP contribution is 2.48. The highest BCUT2D eigenvalue weighted by atomic mass is 15.1. The van der Waals surface area contributed by atoms with E-state index in [-0.39, 0.29) is 0 Å². The van der Waals surface area contributed by atoms with Crippen LogP contribution in [-0.4, -0.2) is 4.57 Å². The molecule has 66 heavy (non-hydrogen) atoms. The zero-order chi connectivity index (χ0) is 43.8. The molecule has 310 valence electrons. The van der Waals surface area contributed by atoms with Crippen molar-refractivity contribution in [2.45, 2.75) is 0 Å². The number of benzene rings is 11. The second kappa shape index (κ2) is 16.8. The van der Waals surface area contributed by atoms with Crippen molar-refractivity contribution in [3.05, 3.63) is 267 Å². The molecular formula is C64H44N2. The number of fused-ring (bicyclic) bond motifs is 4. The Morgan fingerprint density at radius 1 is 0.273 bits per heavy atom. The lowest BCUT2D eigenvalue weighted by molar-refractivity contribution is 1.16. The average Bonchev–Trinajstić information content (AvgIpc) is 3.75. The van der Waals surface area contributed by atoms with Crippen LogP contribution in [-0.2, 0) is 0 Å². The van der Waals surface area contributed by atoms with Crippen LogP contribution in [0.5, 0.6) is 0 Å². The van der Waals surface area contributed by atoms with Crippen molar-refractivity contribution >= 4 is 49.5 Å². The normalized spacial score (nSPS) is 11.3. The molecule has 0 radical (unpaired) electrons. The van der Waals surface area contributed by atoms with Crippen molar-refractivity contribution < 1.29 is 0 Å². The van der Waals surface area contributed by atoms with Gasteiger partial charge in [0, 0.05) is 38.8 Å². The number of rotatable bonds is 9. The molecule has 0 unspecified atom stereocenters. The van der Waals surface area contributed by atoms with Gasteiger partial charge < -0.3 is 9.47 Å². The van der Waals surface area contributed by atoms with E-state index < -0.39 is 0 Å². The standard InChI is InChI=1S/C64H44N2/c1-5-18-45(19-6-1)47-32-38-53(39-33-47)65(54-40-34-48(35-41-54)46-20-7-2-8-21-46)55-42-36-50(37-43-55)59-44-60-62(51-23-9-3-10-24-51)63(52-25-11-4-12-26-52)66(64(60)58-30-16-15-29-57(58)59)61-31-17-27-49-22-13-14-28-56(49)61/h1-44H. The summed E-state index contributed by atoms with van der Waals surface area (Å²) in [6, 6.07) is 96.8. The van der Waals surface area contributed by atoms with E-state index in [0.717, 1.165) is 28.3 Å². The van der Waals surface area contributed by atoms with Gasteiger partial charge in [0.2, 0.25) is 0 Å². The topological polar surface area (TPSA) is 8.17 Å². The summed E-state index contributed by atoms with van der Waals surface area (Å²) in [7, 11) is 0. The Kier molecular flexibility index (Phi) is 9.89. The van der Waals surface area contributed by atoms with Gasteiger partial charge in [-0.05, 0) is 104 Å². The third-order valence-electron chi connectivity index (χ3n) is 13.0. The van der Waals surface area contributed by atoms with E-state index in [1.165, 1.54) is 82.6 Å². The molecule has 1 heterocycles. The molecule has 0 N–H and O–H groups in total. The summed E-state index contributed by atoms with van der Waals surface area (Å²) < 4.78 is 2.54. The molecule has 11 aromatic carbocycles. The van der Waals surface area contributed by atoms with Gasteiger partial charge >= 0.3 is 0 Å². The largest absolute Gasteiger partial charge is 0.311 e. The van der Waals surface area contributed by atoms with Crippen LogP contribution >= 0.6 is 0 Å². The summed E-state index contributed by atoms with van der Waals surface area (Å²) >= 11 is 0. The smallest absolute Gasteiger partial charge is 0.0620 e. The lowest BCUT2D eigenvalue weighted by Gasteiger charge is -2.26. The van der Waals surface area contributed by atoms with Gasteiger partial charge in [0.1, 0.15) is 0 Å². The van der Waals surface area contributed by atoms with Crippen LogP contribution in [0.25, 0.3) is 93.9 Å². The molecule has 0 fully saturated rings. The minimum absolute atomic E-state index is 1.09. The molecule has 0 aliphatic rings. The monoisotopic (exact) mass is 840 g/mol. The van der Waals surface area contributed by atoms with Crippen molar-refractivity contribution in [1.29, 1.82) is 0 Å². The SMILES string of the molecule is c1ccc(-c2ccc(N(c3ccc(-c4ccccc4)cc3)c3ccc(-c4cc5c(-c6ccccc6)c(-c6ccccc6)n(-c6cccc7ccccc67)c5c5ccccc45)cc3)cc2)cc1. The summed E-state index contributed by atoms with van der Waals surface area (Å²) in [5, 5.41) is 6.06. The number of anilines is 3. The minimum Gasteiger partial charge on any atom is -0.311 e. The summed E-state index contributed by atoms with van der Waals surface area (Å²) in [4.78, 5) is 2.36. The van der Waals surface area contributed by atoms with Gasteiger partial charge in [0.05, 0.1) is 16.9 Å². The Morgan fingerprint density at radius 2 is 0.682 bits per heavy atom. The Balaban J connectivity index is 1.06. The van der Waals surface area contributed by atoms with E-state index in [9.17, 15) is 0 Å². The van der Waals surface area contributed by atoms with Crippen molar-refractivity contribution in [3.8, 4) is 61.5 Å². The number of hydrogen-bond donors (Lipinski definition) is 0. The second-order valence-electron chi connectivity index (χ2n) is 16.9. The van der Waals surface area contributed by atoms with E-state index in [1.807, 2.05) is 0 Å². The number of hydrogen-bond acceptors (Lipinski definition) is 1. The molecule has 2 heteroatoms. The van der Waals surface area contributed by atoms with Crippen LogP contribution in [0.4, 0.5) is 17.1 Å². The molecule has 0 amide bonds. The Hall–Kier alpha value is -8.72. The van der Waals surface area contributed by atoms with E-state index >= 15 is 0 Å². The summed E-state index contributed by atoms with van der Waals surface area (Å²) in [5.41, 5.74) is 17.5.